The molecule has 28 heavy (non-hydrogen) atoms. The molecule has 4 nitrogen and oxygen atoms in total. The zero-order chi connectivity index (χ0) is 19.7. The van der Waals surface area contributed by atoms with Crippen molar-refractivity contribution in [3.63, 3.8) is 0 Å². The van der Waals surface area contributed by atoms with Crippen molar-refractivity contribution in [3.8, 4) is 5.75 Å². The molecule has 0 bridgehead atoms. The number of hydrogen-bond acceptors (Lipinski definition) is 4. The monoisotopic (exact) mass is 376 g/mol. The quantitative estimate of drug-likeness (QED) is 0.666. The van der Waals surface area contributed by atoms with Gasteiger partial charge in [0.1, 0.15) is 11.5 Å². The number of aryl methyl sites for hydroxylation is 1. The Labute approximate surface area is 164 Å². The van der Waals surface area contributed by atoms with E-state index in [2.05, 4.69) is 0 Å². The van der Waals surface area contributed by atoms with Crippen LogP contribution in [0.1, 0.15) is 52.9 Å². The highest BCUT2D eigenvalue weighted by atomic mass is 16.4. The number of rotatable bonds is 6. The van der Waals surface area contributed by atoms with Crippen LogP contribution in [0.2, 0.25) is 0 Å². The molecule has 0 aliphatic heterocycles. The standard InChI is InChI=1S/C24H24O4/c1-15-7-9-16(10-8-15)20(25)13-19-14-21(26)23(24(27)28-19)22(18-11-12-18)17-5-3-2-4-6-17/h2-10,14,18,20,22,25-26H,11-13H2,1H3. The largest absolute Gasteiger partial charge is 0.507 e. The maximum atomic E-state index is 12.8. The fourth-order valence-corrected chi connectivity index (χ4v) is 3.79. The summed E-state index contributed by atoms with van der Waals surface area (Å²) in [6.07, 6.45) is 1.40. The molecule has 4 rings (SSSR count). The van der Waals surface area contributed by atoms with E-state index in [1.54, 1.807) is 0 Å². The molecule has 0 amide bonds. The summed E-state index contributed by atoms with van der Waals surface area (Å²) in [6.45, 7) is 1.98. The summed E-state index contributed by atoms with van der Waals surface area (Å²) >= 11 is 0. The Balaban J connectivity index is 1.63. The molecule has 2 unspecified atom stereocenters. The van der Waals surface area contributed by atoms with E-state index < -0.39 is 11.7 Å². The Morgan fingerprint density at radius 2 is 1.71 bits per heavy atom. The van der Waals surface area contributed by atoms with Crippen molar-refractivity contribution in [1.29, 1.82) is 0 Å². The maximum Gasteiger partial charge on any atom is 0.343 e. The smallest absolute Gasteiger partial charge is 0.343 e. The van der Waals surface area contributed by atoms with Crippen molar-refractivity contribution in [3.05, 3.63) is 99.1 Å². The van der Waals surface area contributed by atoms with Crippen molar-refractivity contribution in [2.75, 3.05) is 0 Å². The van der Waals surface area contributed by atoms with E-state index >= 15 is 0 Å². The second-order valence-electron chi connectivity index (χ2n) is 7.66. The van der Waals surface area contributed by atoms with Gasteiger partial charge in [0.2, 0.25) is 0 Å². The first-order chi connectivity index (χ1) is 13.5. The zero-order valence-electron chi connectivity index (χ0n) is 15.8. The third-order valence-corrected chi connectivity index (χ3v) is 5.44. The Bertz CT molecular complexity index is 1000. The predicted molar refractivity (Wildman–Crippen MR) is 107 cm³/mol. The number of aromatic hydroxyl groups is 1. The molecule has 1 aliphatic carbocycles. The van der Waals surface area contributed by atoms with Crippen molar-refractivity contribution >= 4 is 0 Å². The van der Waals surface area contributed by atoms with E-state index in [0.717, 1.165) is 29.5 Å². The molecule has 1 aliphatic rings. The number of benzene rings is 2. The van der Waals surface area contributed by atoms with E-state index in [9.17, 15) is 15.0 Å². The summed E-state index contributed by atoms with van der Waals surface area (Å²) in [5, 5.41) is 21.1. The van der Waals surface area contributed by atoms with Gasteiger partial charge in [-0.1, -0.05) is 60.2 Å². The average Bonchev–Trinajstić information content (AvgIpc) is 3.51. The minimum Gasteiger partial charge on any atom is -0.507 e. The maximum absolute atomic E-state index is 12.8. The lowest BCUT2D eigenvalue weighted by atomic mass is 9.87. The van der Waals surface area contributed by atoms with Gasteiger partial charge in [0.15, 0.2) is 0 Å². The van der Waals surface area contributed by atoms with Gasteiger partial charge in [0, 0.05) is 18.4 Å². The zero-order valence-corrected chi connectivity index (χ0v) is 15.8. The van der Waals surface area contributed by atoms with Crippen molar-refractivity contribution in [1.82, 2.24) is 0 Å². The number of aliphatic hydroxyl groups excluding tert-OH is 1. The van der Waals surface area contributed by atoms with E-state index in [0.29, 0.717) is 11.5 Å². The topological polar surface area (TPSA) is 70.7 Å². The van der Waals surface area contributed by atoms with Gasteiger partial charge < -0.3 is 14.6 Å². The van der Waals surface area contributed by atoms with Crippen LogP contribution in [0, 0.1) is 12.8 Å². The fraction of sp³-hybridized carbons (Fsp3) is 0.292. The van der Waals surface area contributed by atoms with E-state index in [1.807, 2.05) is 61.5 Å². The molecule has 0 radical (unpaired) electrons. The molecule has 144 valence electrons. The minimum atomic E-state index is -0.803. The summed E-state index contributed by atoms with van der Waals surface area (Å²) in [6, 6.07) is 18.8. The SMILES string of the molecule is Cc1ccc(C(O)Cc2cc(O)c(C(c3ccccc3)C3CC3)c(=O)o2)cc1. The molecule has 2 N–H and O–H groups in total. The van der Waals surface area contributed by atoms with Crippen LogP contribution in [0.5, 0.6) is 5.75 Å². The summed E-state index contributed by atoms with van der Waals surface area (Å²) in [5.74, 6) is 0.416. The lowest BCUT2D eigenvalue weighted by Gasteiger charge is -2.18. The van der Waals surface area contributed by atoms with Crippen LogP contribution in [0.15, 0.2) is 69.9 Å². The molecule has 1 saturated carbocycles. The van der Waals surface area contributed by atoms with Gasteiger partial charge in [-0.3, -0.25) is 0 Å². The molecule has 0 spiro atoms. The Morgan fingerprint density at radius 1 is 1.04 bits per heavy atom. The minimum absolute atomic E-state index is 0.0527. The second kappa shape index (κ2) is 7.64. The second-order valence-corrected chi connectivity index (χ2v) is 7.66. The van der Waals surface area contributed by atoms with Crippen LogP contribution in [0.3, 0.4) is 0 Å². The predicted octanol–water partition coefficient (Wildman–Crippen LogP) is 4.47. The van der Waals surface area contributed by atoms with Crippen LogP contribution in [0.4, 0.5) is 0 Å². The highest BCUT2D eigenvalue weighted by Gasteiger charge is 2.37. The third kappa shape index (κ3) is 3.87. The van der Waals surface area contributed by atoms with E-state index in [1.165, 1.54) is 6.07 Å². The molecule has 4 heteroatoms. The van der Waals surface area contributed by atoms with E-state index in [4.69, 9.17) is 4.42 Å². The molecule has 1 fully saturated rings. The molecule has 2 aromatic carbocycles. The molecular formula is C24H24O4. The van der Waals surface area contributed by atoms with Gasteiger partial charge in [-0.05, 0) is 36.8 Å². The Morgan fingerprint density at radius 3 is 2.32 bits per heavy atom. The first kappa shape index (κ1) is 18.5. The molecule has 3 aromatic rings. The Kier molecular flexibility index (Phi) is 5.05. The molecule has 1 heterocycles. The van der Waals surface area contributed by atoms with Crippen LogP contribution >= 0.6 is 0 Å². The van der Waals surface area contributed by atoms with Gasteiger partial charge in [-0.25, -0.2) is 4.79 Å². The highest BCUT2D eigenvalue weighted by Crippen LogP contribution is 2.47. The Hall–Kier alpha value is -2.85. The normalized spacial score (nSPS) is 15.9. The summed E-state index contributed by atoms with van der Waals surface area (Å²) < 4.78 is 5.51. The third-order valence-electron chi connectivity index (χ3n) is 5.44. The van der Waals surface area contributed by atoms with Gasteiger partial charge in [0.05, 0.1) is 11.7 Å². The number of aliphatic hydroxyl groups is 1. The van der Waals surface area contributed by atoms with E-state index in [-0.39, 0.29) is 23.8 Å². The molecule has 0 saturated heterocycles. The molecule has 1 aromatic heterocycles. The van der Waals surface area contributed by atoms with Crippen LogP contribution in [-0.4, -0.2) is 10.2 Å². The van der Waals surface area contributed by atoms with Gasteiger partial charge in [-0.15, -0.1) is 0 Å². The van der Waals surface area contributed by atoms with Crippen LogP contribution in [0.25, 0.3) is 0 Å². The number of hydrogen-bond donors (Lipinski definition) is 2. The van der Waals surface area contributed by atoms with Crippen LogP contribution in [-0.2, 0) is 6.42 Å². The first-order valence-electron chi connectivity index (χ1n) is 9.68. The molecular weight excluding hydrogens is 352 g/mol. The van der Waals surface area contributed by atoms with Gasteiger partial charge >= 0.3 is 5.63 Å². The highest BCUT2D eigenvalue weighted by molar-refractivity contribution is 5.41. The van der Waals surface area contributed by atoms with Crippen molar-refractivity contribution < 1.29 is 14.6 Å². The lowest BCUT2D eigenvalue weighted by molar-refractivity contribution is 0.168. The van der Waals surface area contributed by atoms with Crippen LogP contribution < -0.4 is 5.63 Å². The van der Waals surface area contributed by atoms with Crippen molar-refractivity contribution in [2.24, 2.45) is 5.92 Å². The summed E-state index contributed by atoms with van der Waals surface area (Å²) in [5.41, 5.74) is 2.67. The summed E-state index contributed by atoms with van der Waals surface area (Å²) in [4.78, 5) is 12.8. The van der Waals surface area contributed by atoms with Gasteiger partial charge in [-0.2, -0.15) is 0 Å². The lowest BCUT2D eigenvalue weighted by Crippen LogP contribution is -2.17. The fourth-order valence-electron chi connectivity index (χ4n) is 3.79. The average molecular weight is 376 g/mol. The van der Waals surface area contributed by atoms with Gasteiger partial charge in [0.25, 0.3) is 0 Å². The molecule has 2 atom stereocenters. The first-order valence-corrected chi connectivity index (χ1v) is 9.68. The van der Waals surface area contributed by atoms with Crippen molar-refractivity contribution in [2.45, 2.75) is 38.2 Å². The summed E-state index contributed by atoms with van der Waals surface area (Å²) in [7, 11) is 0.